The Labute approximate surface area is 120 Å². The van der Waals surface area contributed by atoms with Crippen molar-refractivity contribution in [2.24, 2.45) is 0 Å². The van der Waals surface area contributed by atoms with E-state index < -0.39 is 5.60 Å². The fourth-order valence-electron chi connectivity index (χ4n) is 2.03. The Morgan fingerprint density at radius 2 is 1.45 bits per heavy atom. The molecule has 1 saturated carbocycles. The van der Waals surface area contributed by atoms with Crippen molar-refractivity contribution in [1.29, 1.82) is 0 Å². The number of allylic oxidation sites excluding steroid dienone is 2. The second-order valence-corrected chi connectivity index (χ2v) is 5.89. The van der Waals surface area contributed by atoms with Crippen LogP contribution in [0, 0.1) is 0 Å². The summed E-state index contributed by atoms with van der Waals surface area (Å²) in [6.45, 7) is 7.74. The normalized spacial score (nSPS) is 15.6. The Balaban J connectivity index is 2.50. The van der Waals surface area contributed by atoms with Gasteiger partial charge in [0.2, 0.25) is 0 Å². The SMILES string of the molecule is CCOC(=O)C=C1CCC(=CC(=O)OC(C)(C)C)CC1. The number of hydrogen-bond acceptors (Lipinski definition) is 4. The Morgan fingerprint density at radius 3 is 1.85 bits per heavy atom. The van der Waals surface area contributed by atoms with Crippen LogP contribution in [0.25, 0.3) is 0 Å². The van der Waals surface area contributed by atoms with E-state index >= 15 is 0 Å². The van der Waals surface area contributed by atoms with E-state index in [0.29, 0.717) is 6.61 Å². The maximum atomic E-state index is 11.7. The lowest BCUT2D eigenvalue weighted by Crippen LogP contribution is -2.23. The van der Waals surface area contributed by atoms with Gasteiger partial charge in [0.05, 0.1) is 6.61 Å². The van der Waals surface area contributed by atoms with Crippen LogP contribution in [0.1, 0.15) is 53.4 Å². The van der Waals surface area contributed by atoms with E-state index in [9.17, 15) is 9.59 Å². The van der Waals surface area contributed by atoms with Gasteiger partial charge < -0.3 is 9.47 Å². The minimum atomic E-state index is -0.461. The predicted octanol–water partition coefficient (Wildman–Crippen LogP) is 3.32. The van der Waals surface area contributed by atoms with Gasteiger partial charge in [-0.2, -0.15) is 0 Å². The molecule has 112 valence electrons. The zero-order chi connectivity index (χ0) is 15.2. The Morgan fingerprint density at radius 1 is 1.00 bits per heavy atom. The summed E-state index contributed by atoms with van der Waals surface area (Å²) in [6, 6.07) is 0. The average Bonchev–Trinajstić information content (AvgIpc) is 2.29. The maximum Gasteiger partial charge on any atom is 0.331 e. The molecule has 1 rings (SSSR count). The van der Waals surface area contributed by atoms with Crippen molar-refractivity contribution in [3.8, 4) is 0 Å². The van der Waals surface area contributed by atoms with Gasteiger partial charge >= 0.3 is 11.9 Å². The largest absolute Gasteiger partial charge is 0.463 e. The third-order valence-electron chi connectivity index (χ3n) is 2.87. The fourth-order valence-corrected chi connectivity index (χ4v) is 2.03. The van der Waals surface area contributed by atoms with Gasteiger partial charge in [0.1, 0.15) is 5.60 Å². The molecule has 0 radical (unpaired) electrons. The van der Waals surface area contributed by atoms with Gasteiger partial charge in [-0.05, 0) is 53.4 Å². The molecule has 20 heavy (non-hydrogen) atoms. The molecule has 0 heterocycles. The van der Waals surface area contributed by atoms with Crippen LogP contribution < -0.4 is 0 Å². The maximum absolute atomic E-state index is 11.7. The third-order valence-corrected chi connectivity index (χ3v) is 2.87. The number of rotatable bonds is 3. The smallest absolute Gasteiger partial charge is 0.331 e. The molecule has 4 heteroatoms. The first-order valence-corrected chi connectivity index (χ1v) is 7.09. The van der Waals surface area contributed by atoms with Crippen molar-refractivity contribution in [3.63, 3.8) is 0 Å². The van der Waals surface area contributed by atoms with Crippen LogP contribution >= 0.6 is 0 Å². The molecule has 0 aliphatic heterocycles. The molecule has 0 saturated heterocycles. The molecule has 0 aromatic rings. The lowest BCUT2D eigenvalue weighted by molar-refractivity contribution is -0.148. The molecular weight excluding hydrogens is 256 g/mol. The van der Waals surface area contributed by atoms with E-state index in [1.807, 2.05) is 20.8 Å². The van der Waals surface area contributed by atoms with Gasteiger partial charge in [0, 0.05) is 12.2 Å². The van der Waals surface area contributed by atoms with Crippen molar-refractivity contribution in [3.05, 3.63) is 23.3 Å². The highest BCUT2D eigenvalue weighted by atomic mass is 16.6. The van der Waals surface area contributed by atoms with Crippen molar-refractivity contribution >= 4 is 11.9 Å². The van der Waals surface area contributed by atoms with Gasteiger partial charge in [-0.1, -0.05) is 11.1 Å². The summed E-state index contributed by atoms with van der Waals surface area (Å²) in [4.78, 5) is 23.0. The Hall–Kier alpha value is -1.58. The molecular formula is C16H24O4. The number of esters is 2. The van der Waals surface area contributed by atoms with E-state index in [4.69, 9.17) is 9.47 Å². The molecule has 4 nitrogen and oxygen atoms in total. The van der Waals surface area contributed by atoms with E-state index in [1.54, 1.807) is 19.1 Å². The molecule has 0 spiro atoms. The van der Waals surface area contributed by atoms with Crippen molar-refractivity contribution in [1.82, 2.24) is 0 Å². The highest BCUT2D eigenvalue weighted by Crippen LogP contribution is 2.27. The molecule has 1 fully saturated rings. The second-order valence-electron chi connectivity index (χ2n) is 5.89. The molecule has 0 aromatic carbocycles. The first kappa shape index (κ1) is 16.5. The van der Waals surface area contributed by atoms with Crippen LogP contribution in [-0.2, 0) is 19.1 Å². The molecule has 1 aliphatic rings. The topological polar surface area (TPSA) is 52.6 Å². The third kappa shape index (κ3) is 6.55. The van der Waals surface area contributed by atoms with Crippen LogP contribution in [0.15, 0.2) is 23.3 Å². The number of carbonyl (C=O) groups is 2. The number of ether oxygens (including phenoxy) is 2. The van der Waals surface area contributed by atoms with E-state index in [1.165, 1.54) is 0 Å². The lowest BCUT2D eigenvalue weighted by atomic mass is 9.90. The summed E-state index contributed by atoms with van der Waals surface area (Å²) in [7, 11) is 0. The molecule has 0 amide bonds. The van der Waals surface area contributed by atoms with Crippen molar-refractivity contribution in [2.75, 3.05) is 6.61 Å². The Kier molecular flexibility index (Phi) is 5.99. The van der Waals surface area contributed by atoms with Crippen LogP contribution in [0.5, 0.6) is 0 Å². The average molecular weight is 280 g/mol. The highest BCUT2D eigenvalue weighted by molar-refractivity contribution is 5.84. The van der Waals surface area contributed by atoms with Crippen LogP contribution in [-0.4, -0.2) is 24.1 Å². The lowest BCUT2D eigenvalue weighted by Gasteiger charge is -2.20. The van der Waals surface area contributed by atoms with Gasteiger partial charge in [-0.3, -0.25) is 0 Å². The van der Waals surface area contributed by atoms with Crippen molar-refractivity contribution < 1.29 is 19.1 Å². The van der Waals surface area contributed by atoms with Gasteiger partial charge in [-0.15, -0.1) is 0 Å². The predicted molar refractivity (Wildman–Crippen MR) is 77.1 cm³/mol. The second kappa shape index (κ2) is 7.27. The molecule has 0 bridgehead atoms. The Bertz CT molecular complexity index is 412. The van der Waals surface area contributed by atoms with Crippen molar-refractivity contribution in [2.45, 2.75) is 59.0 Å². The first-order chi connectivity index (χ1) is 9.30. The van der Waals surface area contributed by atoms with E-state index in [2.05, 4.69) is 0 Å². The van der Waals surface area contributed by atoms with Crippen LogP contribution in [0.4, 0.5) is 0 Å². The molecule has 0 aromatic heterocycles. The molecule has 0 N–H and O–H groups in total. The van der Waals surface area contributed by atoms with Crippen LogP contribution in [0.3, 0.4) is 0 Å². The summed E-state index contributed by atoms with van der Waals surface area (Å²) in [5.74, 6) is -0.563. The number of carbonyl (C=O) groups excluding carboxylic acids is 2. The first-order valence-electron chi connectivity index (χ1n) is 7.09. The minimum absolute atomic E-state index is 0.276. The monoisotopic (exact) mass is 280 g/mol. The van der Waals surface area contributed by atoms with E-state index in [-0.39, 0.29) is 11.9 Å². The van der Waals surface area contributed by atoms with Gasteiger partial charge in [0.25, 0.3) is 0 Å². The molecule has 0 atom stereocenters. The zero-order valence-electron chi connectivity index (χ0n) is 12.8. The summed E-state index contributed by atoms with van der Waals surface area (Å²) < 4.78 is 10.1. The minimum Gasteiger partial charge on any atom is -0.463 e. The zero-order valence-corrected chi connectivity index (χ0v) is 12.8. The summed E-state index contributed by atoms with van der Waals surface area (Å²) in [5.41, 5.74) is 1.71. The summed E-state index contributed by atoms with van der Waals surface area (Å²) in [5, 5.41) is 0. The van der Waals surface area contributed by atoms with Gasteiger partial charge in [0.15, 0.2) is 0 Å². The van der Waals surface area contributed by atoms with Crippen LogP contribution in [0.2, 0.25) is 0 Å². The molecule has 1 aliphatic carbocycles. The standard InChI is InChI=1S/C16H24O4/c1-5-19-14(17)10-12-6-8-13(9-7-12)11-15(18)20-16(2,3)4/h10-11H,5-9H2,1-4H3. The quantitative estimate of drug-likeness (QED) is 0.588. The van der Waals surface area contributed by atoms with E-state index in [0.717, 1.165) is 36.8 Å². The highest BCUT2D eigenvalue weighted by Gasteiger charge is 2.17. The summed E-state index contributed by atoms with van der Waals surface area (Å²) in [6.07, 6.45) is 6.36. The fraction of sp³-hybridized carbons (Fsp3) is 0.625. The molecule has 0 unspecified atom stereocenters. The van der Waals surface area contributed by atoms with Gasteiger partial charge in [-0.25, -0.2) is 9.59 Å². The number of hydrogen-bond donors (Lipinski definition) is 0. The summed E-state index contributed by atoms with van der Waals surface area (Å²) >= 11 is 0.